The number of benzene rings is 2. The van der Waals surface area contributed by atoms with Crippen molar-refractivity contribution in [3.05, 3.63) is 64.7 Å². The van der Waals surface area contributed by atoms with E-state index in [1.165, 1.54) is 5.56 Å². The van der Waals surface area contributed by atoms with E-state index in [0.717, 1.165) is 43.5 Å². The van der Waals surface area contributed by atoms with E-state index < -0.39 is 0 Å². The fraction of sp³-hybridized carbons (Fsp3) is 0.391. The maximum absolute atomic E-state index is 13.0. The lowest BCUT2D eigenvalue weighted by atomic mass is 10.0. The molecule has 1 N–H and O–H groups in total. The summed E-state index contributed by atoms with van der Waals surface area (Å²) in [6.45, 7) is 3.34. The summed E-state index contributed by atoms with van der Waals surface area (Å²) in [4.78, 5) is 29.8. The zero-order valence-corrected chi connectivity index (χ0v) is 16.6. The van der Waals surface area contributed by atoms with Gasteiger partial charge in [-0.05, 0) is 49.9 Å². The van der Waals surface area contributed by atoms with Gasteiger partial charge >= 0.3 is 0 Å². The van der Waals surface area contributed by atoms with Gasteiger partial charge in [0.25, 0.3) is 11.8 Å². The first kappa shape index (κ1) is 18.5. The molecule has 0 aromatic heterocycles. The third-order valence-electron chi connectivity index (χ3n) is 5.83. The van der Waals surface area contributed by atoms with Crippen LogP contribution in [0.5, 0.6) is 0 Å². The second-order valence-electron chi connectivity index (χ2n) is 7.84. The molecule has 146 valence electrons. The van der Waals surface area contributed by atoms with Crippen molar-refractivity contribution in [1.82, 2.24) is 10.2 Å². The molecule has 5 nitrogen and oxygen atoms in total. The summed E-state index contributed by atoms with van der Waals surface area (Å²) in [6.07, 6.45) is 4.42. The molecular weight excluding hydrogens is 350 g/mol. The van der Waals surface area contributed by atoms with Gasteiger partial charge < -0.3 is 15.1 Å². The molecule has 0 radical (unpaired) electrons. The van der Waals surface area contributed by atoms with Gasteiger partial charge in [-0.15, -0.1) is 0 Å². The number of rotatable bonds is 3. The minimum atomic E-state index is -0.117. The standard InChI is InChI=1S/C23H27N3O2/c1-16-7-6-8-17(13-16)15-24-22(27)18-10-11-19-20(14-18)25(2)21-9-4-3-5-12-26(21)23(19)28/h6-8,10-11,13-14,21H,3-5,9,12,15H2,1-2H3,(H,24,27). The zero-order chi connectivity index (χ0) is 19.7. The largest absolute Gasteiger partial charge is 0.354 e. The van der Waals surface area contributed by atoms with E-state index in [9.17, 15) is 9.59 Å². The number of carbonyl (C=O) groups is 2. The minimum Gasteiger partial charge on any atom is -0.354 e. The van der Waals surface area contributed by atoms with Crippen molar-refractivity contribution in [2.75, 3.05) is 18.5 Å². The van der Waals surface area contributed by atoms with E-state index in [1.54, 1.807) is 12.1 Å². The van der Waals surface area contributed by atoms with Crippen molar-refractivity contribution in [3.8, 4) is 0 Å². The van der Waals surface area contributed by atoms with Crippen molar-refractivity contribution in [2.24, 2.45) is 0 Å². The summed E-state index contributed by atoms with van der Waals surface area (Å²) in [5, 5.41) is 2.99. The summed E-state index contributed by atoms with van der Waals surface area (Å²) in [6, 6.07) is 13.5. The molecule has 1 saturated heterocycles. The molecule has 4 rings (SSSR count). The predicted octanol–water partition coefficient (Wildman–Crippen LogP) is 3.72. The van der Waals surface area contributed by atoms with Crippen LogP contribution in [0.25, 0.3) is 0 Å². The smallest absolute Gasteiger partial charge is 0.257 e. The van der Waals surface area contributed by atoms with Crippen molar-refractivity contribution < 1.29 is 9.59 Å². The van der Waals surface area contributed by atoms with Crippen LogP contribution in [0.2, 0.25) is 0 Å². The molecule has 0 bridgehead atoms. The fourth-order valence-electron chi connectivity index (χ4n) is 4.30. The van der Waals surface area contributed by atoms with Gasteiger partial charge in [0, 0.05) is 25.7 Å². The average molecular weight is 377 g/mol. The molecule has 5 heteroatoms. The van der Waals surface area contributed by atoms with E-state index >= 15 is 0 Å². The Morgan fingerprint density at radius 3 is 2.82 bits per heavy atom. The van der Waals surface area contributed by atoms with Gasteiger partial charge in [0.1, 0.15) is 6.17 Å². The topological polar surface area (TPSA) is 52.7 Å². The number of fused-ring (bicyclic) bond motifs is 2. The highest BCUT2D eigenvalue weighted by Crippen LogP contribution is 2.34. The van der Waals surface area contributed by atoms with Crippen LogP contribution in [-0.4, -0.2) is 36.5 Å². The number of nitrogens with one attached hydrogen (secondary N) is 1. The SMILES string of the molecule is Cc1cccc(CNC(=O)c2ccc3c(c2)N(C)C2CCCCCN2C3=O)c1. The molecule has 1 atom stereocenters. The molecule has 1 fully saturated rings. The number of hydrogen-bond donors (Lipinski definition) is 1. The van der Waals surface area contributed by atoms with Crippen LogP contribution < -0.4 is 10.2 Å². The number of nitrogens with zero attached hydrogens (tertiary/aromatic N) is 2. The summed E-state index contributed by atoms with van der Waals surface area (Å²) < 4.78 is 0. The van der Waals surface area contributed by atoms with E-state index in [-0.39, 0.29) is 18.0 Å². The Morgan fingerprint density at radius 1 is 1.14 bits per heavy atom. The van der Waals surface area contributed by atoms with Gasteiger partial charge in [0.15, 0.2) is 0 Å². The average Bonchev–Trinajstić information content (AvgIpc) is 2.96. The molecule has 2 aliphatic rings. The lowest BCUT2D eigenvalue weighted by Crippen LogP contribution is -2.53. The Bertz CT molecular complexity index is 908. The van der Waals surface area contributed by atoms with Gasteiger partial charge in [0.05, 0.1) is 11.3 Å². The number of hydrogen-bond acceptors (Lipinski definition) is 3. The highest BCUT2D eigenvalue weighted by molar-refractivity contribution is 6.04. The summed E-state index contributed by atoms with van der Waals surface area (Å²) >= 11 is 0. The molecule has 2 amide bonds. The zero-order valence-electron chi connectivity index (χ0n) is 16.6. The van der Waals surface area contributed by atoms with E-state index in [1.807, 2.05) is 43.1 Å². The van der Waals surface area contributed by atoms with E-state index in [4.69, 9.17) is 0 Å². The Kier molecular flexibility index (Phi) is 5.07. The summed E-state index contributed by atoms with van der Waals surface area (Å²) in [5.74, 6) is -0.0276. The van der Waals surface area contributed by atoms with Crippen LogP contribution in [0.1, 0.15) is 57.5 Å². The first-order valence-electron chi connectivity index (χ1n) is 10.1. The second kappa shape index (κ2) is 7.66. The van der Waals surface area contributed by atoms with Crippen LogP contribution in [0.3, 0.4) is 0 Å². The minimum absolute atomic E-state index is 0.0896. The van der Waals surface area contributed by atoms with E-state index in [0.29, 0.717) is 17.7 Å². The van der Waals surface area contributed by atoms with Crippen molar-refractivity contribution in [2.45, 2.75) is 45.3 Å². The molecule has 28 heavy (non-hydrogen) atoms. The third kappa shape index (κ3) is 3.49. The van der Waals surface area contributed by atoms with Crippen LogP contribution in [-0.2, 0) is 6.54 Å². The molecule has 2 aromatic carbocycles. The molecule has 2 heterocycles. The number of anilines is 1. The molecule has 1 unspecified atom stereocenters. The maximum Gasteiger partial charge on any atom is 0.257 e. The predicted molar refractivity (Wildman–Crippen MR) is 110 cm³/mol. The highest BCUT2D eigenvalue weighted by Gasteiger charge is 2.36. The number of aryl methyl sites for hydroxylation is 1. The summed E-state index contributed by atoms with van der Waals surface area (Å²) in [5.41, 5.74) is 4.39. The second-order valence-corrected chi connectivity index (χ2v) is 7.84. The first-order valence-corrected chi connectivity index (χ1v) is 10.1. The monoisotopic (exact) mass is 377 g/mol. The van der Waals surface area contributed by atoms with Crippen molar-refractivity contribution >= 4 is 17.5 Å². The third-order valence-corrected chi connectivity index (χ3v) is 5.83. The van der Waals surface area contributed by atoms with Crippen LogP contribution in [0.15, 0.2) is 42.5 Å². The molecule has 2 aromatic rings. The molecule has 0 aliphatic carbocycles. The summed E-state index contributed by atoms with van der Waals surface area (Å²) in [7, 11) is 2.03. The van der Waals surface area contributed by atoms with Crippen LogP contribution in [0, 0.1) is 6.92 Å². The first-order chi connectivity index (χ1) is 13.5. The van der Waals surface area contributed by atoms with Gasteiger partial charge in [-0.25, -0.2) is 0 Å². The van der Waals surface area contributed by atoms with Gasteiger partial charge in [0.2, 0.25) is 0 Å². The van der Waals surface area contributed by atoms with E-state index in [2.05, 4.69) is 16.3 Å². The fourth-order valence-corrected chi connectivity index (χ4v) is 4.30. The van der Waals surface area contributed by atoms with Gasteiger partial charge in [-0.1, -0.05) is 36.2 Å². The lowest BCUT2D eigenvalue weighted by molar-refractivity contribution is 0.0661. The Hall–Kier alpha value is -2.82. The number of amides is 2. The Labute approximate surface area is 166 Å². The normalized spacial score (nSPS) is 18.9. The van der Waals surface area contributed by atoms with Crippen LogP contribution >= 0.6 is 0 Å². The lowest BCUT2D eigenvalue weighted by Gasteiger charge is -2.43. The van der Waals surface area contributed by atoms with Gasteiger partial charge in [-0.3, -0.25) is 9.59 Å². The maximum atomic E-state index is 13.0. The Balaban J connectivity index is 1.55. The number of carbonyl (C=O) groups excluding carboxylic acids is 2. The molecular formula is C23H27N3O2. The van der Waals surface area contributed by atoms with Crippen molar-refractivity contribution in [3.63, 3.8) is 0 Å². The Morgan fingerprint density at radius 2 is 2.00 bits per heavy atom. The quantitative estimate of drug-likeness (QED) is 0.887. The van der Waals surface area contributed by atoms with Crippen molar-refractivity contribution in [1.29, 1.82) is 0 Å². The van der Waals surface area contributed by atoms with Crippen LogP contribution in [0.4, 0.5) is 5.69 Å². The highest BCUT2D eigenvalue weighted by atomic mass is 16.2. The molecule has 0 spiro atoms. The molecule has 0 saturated carbocycles. The molecule has 2 aliphatic heterocycles. The van der Waals surface area contributed by atoms with Gasteiger partial charge in [-0.2, -0.15) is 0 Å².